The van der Waals surface area contributed by atoms with E-state index in [2.05, 4.69) is 9.88 Å². The lowest BCUT2D eigenvalue weighted by molar-refractivity contribution is 0.0272. The third-order valence-electron chi connectivity index (χ3n) is 4.16. The highest BCUT2D eigenvalue weighted by atomic mass is 19.1. The first-order valence-electron chi connectivity index (χ1n) is 7.87. The monoisotopic (exact) mass is 318 g/mol. The van der Waals surface area contributed by atoms with Crippen LogP contribution in [0.4, 0.5) is 8.78 Å². The van der Waals surface area contributed by atoms with Gasteiger partial charge in [-0.2, -0.15) is 0 Å². The van der Waals surface area contributed by atoms with Gasteiger partial charge in [0.15, 0.2) is 0 Å². The average molecular weight is 318 g/mol. The van der Waals surface area contributed by atoms with Crippen LogP contribution in [0.25, 0.3) is 0 Å². The molecule has 2 aromatic rings. The highest BCUT2D eigenvalue weighted by Gasteiger charge is 2.22. The highest BCUT2D eigenvalue weighted by molar-refractivity contribution is 5.16. The van der Waals surface area contributed by atoms with Crippen molar-refractivity contribution < 1.29 is 13.5 Å². The molecule has 2 heterocycles. The predicted molar refractivity (Wildman–Crippen MR) is 83.7 cm³/mol. The number of pyridine rings is 1. The molecule has 1 aromatic carbocycles. The van der Waals surface area contributed by atoms with E-state index in [1.54, 1.807) is 18.2 Å². The molecule has 0 amide bonds. The van der Waals surface area contributed by atoms with E-state index >= 15 is 0 Å². The number of nitrogens with zero attached hydrogens (tertiary/aromatic N) is 2. The topological polar surface area (TPSA) is 25.4 Å². The zero-order valence-electron chi connectivity index (χ0n) is 12.9. The Morgan fingerprint density at radius 3 is 2.30 bits per heavy atom. The van der Waals surface area contributed by atoms with Gasteiger partial charge in [-0.05, 0) is 42.7 Å². The normalized spacial score (nSPS) is 16.0. The zero-order chi connectivity index (χ0) is 16.1. The van der Waals surface area contributed by atoms with Gasteiger partial charge in [-0.1, -0.05) is 12.1 Å². The average Bonchev–Trinajstić information content (AvgIpc) is 2.59. The van der Waals surface area contributed by atoms with Crippen molar-refractivity contribution in [2.75, 3.05) is 13.2 Å². The van der Waals surface area contributed by atoms with E-state index in [-0.39, 0.29) is 11.6 Å². The molecular formula is C18H20F2N2O. The molecule has 1 saturated heterocycles. The van der Waals surface area contributed by atoms with E-state index in [9.17, 15) is 8.78 Å². The van der Waals surface area contributed by atoms with Crippen molar-refractivity contribution in [1.29, 1.82) is 0 Å². The van der Waals surface area contributed by atoms with E-state index in [0.29, 0.717) is 19.1 Å². The molecule has 0 aliphatic carbocycles. The maximum Gasteiger partial charge on any atom is 0.141 e. The Bertz CT molecular complexity index is 562. The van der Waals surface area contributed by atoms with Crippen molar-refractivity contribution >= 4 is 0 Å². The van der Waals surface area contributed by atoms with Crippen molar-refractivity contribution in [2.24, 2.45) is 0 Å². The third kappa shape index (κ3) is 4.56. The fraction of sp³-hybridized carbons (Fsp3) is 0.389. The smallest absolute Gasteiger partial charge is 0.141 e. The molecule has 1 fully saturated rings. The first kappa shape index (κ1) is 16.0. The van der Waals surface area contributed by atoms with Gasteiger partial charge in [-0.25, -0.2) is 8.78 Å². The van der Waals surface area contributed by atoms with Crippen LogP contribution in [0.5, 0.6) is 0 Å². The molecule has 23 heavy (non-hydrogen) atoms. The van der Waals surface area contributed by atoms with Crippen molar-refractivity contribution in [3.05, 3.63) is 65.5 Å². The second kappa shape index (κ2) is 7.62. The van der Waals surface area contributed by atoms with Crippen molar-refractivity contribution in [1.82, 2.24) is 9.88 Å². The summed E-state index contributed by atoms with van der Waals surface area (Å²) in [7, 11) is 0. The second-order valence-electron chi connectivity index (χ2n) is 5.84. The number of ether oxygens (including phenoxy) is 1. The van der Waals surface area contributed by atoms with E-state index in [1.807, 2.05) is 0 Å². The minimum atomic E-state index is -0.329. The number of hydrogen-bond donors (Lipinski definition) is 0. The molecule has 3 rings (SSSR count). The molecule has 0 radical (unpaired) electrons. The van der Waals surface area contributed by atoms with Gasteiger partial charge in [0.2, 0.25) is 0 Å². The van der Waals surface area contributed by atoms with E-state index in [4.69, 9.17) is 4.74 Å². The van der Waals surface area contributed by atoms with Crippen LogP contribution >= 0.6 is 0 Å². The maximum atomic E-state index is 13.1. The minimum Gasteiger partial charge on any atom is -0.381 e. The van der Waals surface area contributed by atoms with Gasteiger partial charge in [-0.15, -0.1) is 0 Å². The van der Waals surface area contributed by atoms with Crippen molar-refractivity contribution in [2.45, 2.75) is 32.0 Å². The molecule has 1 aliphatic heterocycles. The molecule has 0 bridgehead atoms. The number of rotatable bonds is 5. The zero-order valence-corrected chi connectivity index (χ0v) is 12.9. The molecule has 3 nitrogen and oxygen atoms in total. The lowest BCUT2D eigenvalue weighted by Crippen LogP contribution is -2.38. The number of benzene rings is 1. The van der Waals surface area contributed by atoms with Crippen LogP contribution in [0.3, 0.4) is 0 Å². The fourth-order valence-electron chi connectivity index (χ4n) is 2.90. The fourth-order valence-corrected chi connectivity index (χ4v) is 2.90. The second-order valence-corrected chi connectivity index (χ2v) is 5.84. The van der Waals surface area contributed by atoms with E-state index < -0.39 is 0 Å². The molecule has 0 saturated carbocycles. The molecule has 5 heteroatoms. The maximum absolute atomic E-state index is 13.1. The predicted octanol–water partition coefficient (Wildman–Crippen LogP) is 3.54. The number of hydrogen-bond acceptors (Lipinski definition) is 3. The van der Waals surface area contributed by atoms with Gasteiger partial charge in [0, 0.05) is 32.3 Å². The summed E-state index contributed by atoms with van der Waals surface area (Å²) in [5.41, 5.74) is 1.89. The van der Waals surface area contributed by atoms with Crippen LogP contribution in [0, 0.1) is 11.6 Å². The van der Waals surface area contributed by atoms with Gasteiger partial charge in [0.05, 0.1) is 11.9 Å². The molecule has 1 aliphatic rings. The van der Waals surface area contributed by atoms with Crippen LogP contribution in [-0.2, 0) is 17.8 Å². The third-order valence-corrected chi connectivity index (χ3v) is 4.16. The minimum absolute atomic E-state index is 0.230. The summed E-state index contributed by atoms with van der Waals surface area (Å²) in [5.74, 6) is -0.559. The van der Waals surface area contributed by atoms with Gasteiger partial charge in [0.1, 0.15) is 11.6 Å². The lowest BCUT2D eigenvalue weighted by atomic mass is 10.1. The van der Waals surface area contributed by atoms with Crippen molar-refractivity contribution in [3.63, 3.8) is 0 Å². The van der Waals surface area contributed by atoms with Crippen LogP contribution in [0.15, 0.2) is 42.6 Å². The molecule has 0 spiro atoms. The SMILES string of the molecule is Fc1ccc(CN(Cc2ccc(F)cn2)C2CCOCC2)cc1. The molecular weight excluding hydrogens is 298 g/mol. The number of aromatic nitrogens is 1. The molecule has 1 aromatic heterocycles. The summed E-state index contributed by atoms with van der Waals surface area (Å²) in [5, 5.41) is 0. The summed E-state index contributed by atoms with van der Waals surface area (Å²) in [6, 6.07) is 10.1. The summed E-state index contributed by atoms with van der Waals surface area (Å²) in [4.78, 5) is 6.48. The van der Waals surface area contributed by atoms with Gasteiger partial charge >= 0.3 is 0 Å². The summed E-state index contributed by atoms with van der Waals surface area (Å²) in [6.45, 7) is 2.86. The Balaban J connectivity index is 1.74. The van der Waals surface area contributed by atoms with Crippen LogP contribution in [0.2, 0.25) is 0 Å². The highest BCUT2D eigenvalue weighted by Crippen LogP contribution is 2.20. The standard InChI is InChI=1S/C18H20F2N2O/c19-15-3-1-14(2-4-15)12-22(18-7-9-23-10-8-18)13-17-6-5-16(20)11-21-17/h1-6,11,18H,7-10,12-13H2. The Kier molecular flexibility index (Phi) is 5.31. The molecule has 0 unspecified atom stereocenters. The Hall–Kier alpha value is -1.85. The van der Waals surface area contributed by atoms with Gasteiger partial charge in [0.25, 0.3) is 0 Å². The van der Waals surface area contributed by atoms with Gasteiger partial charge < -0.3 is 4.74 Å². The molecule has 122 valence electrons. The number of halogens is 2. The van der Waals surface area contributed by atoms with Crippen molar-refractivity contribution in [3.8, 4) is 0 Å². The van der Waals surface area contributed by atoms with Crippen LogP contribution < -0.4 is 0 Å². The van der Waals surface area contributed by atoms with Crippen LogP contribution in [-0.4, -0.2) is 29.1 Å². The van der Waals surface area contributed by atoms with Crippen LogP contribution in [0.1, 0.15) is 24.1 Å². The largest absolute Gasteiger partial charge is 0.381 e. The molecule has 0 N–H and O–H groups in total. The lowest BCUT2D eigenvalue weighted by Gasteiger charge is -2.34. The summed E-state index contributed by atoms with van der Waals surface area (Å²) >= 11 is 0. The van der Waals surface area contributed by atoms with E-state index in [0.717, 1.165) is 37.3 Å². The first-order chi connectivity index (χ1) is 11.2. The summed E-state index contributed by atoms with van der Waals surface area (Å²) in [6.07, 6.45) is 3.17. The first-order valence-corrected chi connectivity index (χ1v) is 7.87. The van der Waals surface area contributed by atoms with E-state index in [1.165, 1.54) is 24.4 Å². The quantitative estimate of drug-likeness (QED) is 0.843. The molecule has 0 atom stereocenters. The summed E-state index contributed by atoms with van der Waals surface area (Å²) < 4.78 is 31.6. The van der Waals surface area contributed by atoms with Gasteiger partial charge in [-0.3, -0.25) is 9.88 Å². The Labute approximate surface area is 134 Å². The Morgan fingerprint density at radius 1 is 0.957 bits per heavy atom. The Morgan fingerprint density at radius 2 is 1.65 bits per heavy atom.